The van der Waals surface area contributed by atoms with Gasteiger partial charge in [-0.15, -0.1) is 0 Å². The van der Waals surface area contributed by atoms with E-state index in [1.54, 1.807) is 24.0 Å². The van der Waals surface area contributed by atoms with Crippen molar-refractivity contribution in [1.82, 2.24) is 14.5 Å². The largest absolute Gasteiger partial charge is 0.450 e. The van der Waals surface area contributed by atoms with Crippen LogP contribution < -0.4 is 5.32 Å². The zero-order chi connectivity index (χ0) is 20.7. The van der Waals surface area contributed by atoms with Gasteiger partial charge in [0, 0.05) is 39.1 Å². The number of carbonyl (C=O) groups is 2. The Morgan fingerprint density at radius 3 is 2.25 bits per heavy atom. The van der Waals surface area contributed by atoms with Gasteiger partial charge in [-0.25, -0.2) is 13.2 Å². The van der Waals surface area contributed by atoms with Crippen molar-refractivity contribution < 1.29 is 22.7 Å². The normalized spacial score (nSPS) is 15.5. The molecule has 28 heavy (non-hydrogen) atoms. The van der Waals surface area contributed by atoms with Crippen LogP contribution >= 0.6 is 0 Å². The van der Waals surface area contributed by atoms with Crippen LogP contribution in [0.15, 0.2) is 29.2 Å². The highest BCUT2D eigenvalue weighted by Gasteiger charge is 2.30. The third kappa shape index (κ3) is 5.68. The molecular formula is C19H29N3O5S. The van der Waals surface area contributed by atoms with Crippen molar-refractivity contribution in [2.75, 3.05) is 39.3 Å². The molecular weight excluding hydrogens is 382 g/mol. The van der Waals surface area contributed by atoms with Crippen molar-refractivity contribution in [3.63, 3.8) is 0 Å². The number of carbonyl (C=O) groups excluding carboxylic acids is 2. The van der Waals surface area contributed by atoms with Crippen LogP contribution in [0.3, 0.4) is 0 Å². The molecule has 1 aliphatic rings. The van der Waals surface area contributed by atoms with E-state index < -0.39 is 16.1 Å². The van der Waals surface area contributed by atoms with E-state index in [4.69, 9.17) is 4.74 Å². The fourth-order valence-electron chi connectivity index (χ4n) is 2.96. The minimum Gasteiger partial charge on any atom is -0.450 e. The van der Waals surface area contributed by atoms with E-state index in [1.807, 2.05) is 12.1 Å². The highest BCUT2D eigenvalue weighted by Crippen LogP contribution is 2.21. The number of benzene rings is 1. The van der Waals surface area contributed by atoms with Crippen LogP contribution in [0.25, 0.3) is 0 Å². The van der Waals surface area contributed by atoms with E-state index >= 15 is 0 Å². The van der Waals surface area contributed by atoms with Gasteiger partial charge in [0.1, 0.15) is 0 Å². The third-order valence-corrected chi connectivity index (χ3v) is 6.57. The fourth-order valence-corrected chi connectivity index (χ4v) is 4.39. The van der Waals surface area contributed by atoms with Gasteiger partial charge in [0.25, 0.3) is 0 Å². The molecule has 1 aromatic rings. The van der Waals surface area contributed by atoms with E-state index in [9.17, 15) is 18.0 Å². The molecule has 0 aromatic heterocycles. The molecule has 1 saturated heterocycles. The number of ether oxygens (including phenoxy) is 1. The van der Waals surface area contributed by atoms with E-state index in [1.165, 1.54) is 4.31 Å². The minimum atomic E-state index is -3.57. The highest BCUT2D eigenvalue weighted by atomic mass is 32.2. The average Bonchev–Trinajstić information content (AvgIpc) is 2.68. The Labute approximate surface area is 166 Å². The molecule has 0 unspecified atom stereocenters. The molecule has 156 valence electrons. The number of hydrogen-bond acceptors (Lipinski definition) is 5. The van der Waals surface area contributed by atoms with Crippen molar-refractivity contribution in [2.24, 2.45) is 0 Å². The van der Waals surface area contributed by atoms with Gasteiger partial charge in [-0.05, 0) is 30.5 Å². The number of piperazine rings is 1. The average molecular weight is 412 g/mol. The number of sulfonamides is 1. The lowest BCUT2D eigenvalue weighted by molar-refractivity contribution is -0.132. The Morgan fingerprint density at radius 2 is 1.71 bits per heavy atom. The molecule has 1 aliphatic heterocycles. The fraction of sp³-hybridized carbons (Fsp3) is 0.579. The molecule has 1 fully saturated rings. The van der Waals surface area contributed by atoms with E-state index in [0.29, 0.717) is 19.0 Å². The molecule has 0 spiro atoms. The summed E-state index contributed by atoms with van der Waals surface area (Å²) in [6, 6.07) is 6.97. The maximum Gasteiger partial charge on any atom is 0.407 e. The number of amides is 2. The van der Waals surface area contributed by atoms with Gasteiger partial charge < -0.3 is 15.0 Å². The van der Waals surface area contributed by atoms with E-state index in [0.717, 1.165) is 5.56 Å². The van der Waals surface area contributed by atoms with Crippen molar-refractivity contribution in [3.8, 4) is 0 Å². The lowest BCUT2D eigenvalue weighted by Gasteiger charge is -2.34. The SMILES string of the molecule is CCOC(=O)NCCC(=O)N1CCN(S(=O)(=O)c2ccc(C(C)C)cc2)CC1. The number of rotatable bonds is 7. The van der Waals surface area contributed by atoms with Gasteiger partial charge in [-0.3, -0.25) is 4.79 Å². The lowest BCUT2D eigenvalue weighted by atomic mass is 10.0. The van der Waals surface area contributed by atoms with Gasteiger partial charge in [0.15, 0.2) is 0 Å². The molecule has 0 radical (unpaired) electrons. The summed E-state index contributed by atoms with van der Waals surface area (Å²) < 4.78 is 31.8. The Kier molecular flexibility index (Phi) is 7.82. The van der Waals surface area contributed by atoms with E-state index in [-0.39, 0.29) is 43.5 Å². The Hall–Kier alpha value is -2.13. The van der Waals surface area contributed by atoms with Crippen molar-refractivity contribution >= 4 is 22.0 Å². The molecule has 0 atom stereocenters. The summed E-state index contributed by atoms with van der Waals surface area (Å²) in [6.07, 6.45) is -0.392. The van der Waals surface area contributed by atoms with Crippen LogP contribution in [0.5, 0.6) is 0 Å². The Morgan fingerprint density at radius 1 is 1.11 bits per heavy atom. The maximum atomic E-state index is 12.8. The summed E-state index contributed by atoms with van der Waals surface area (Å²) in [5, 5.41) is 2.51. The molecule has 9 heteroatoms. The van der Waals surface area contributed by atoms with Crippen molar-refractivity contribution in [1.29, 1.82) is 0 Å². The standard InChI is InChI=1S/C19H29N3O5S/c1-4-27-19(24)20-10-9-18(23)21-11-13-22(14-12-21)28(25,26)17-7-5-16(6-8-17)15(2)3/h5-8,15H,4,9-14H2,1-3H3,(H,20,24). The summed E-state index contributed by atoms with van der Waals surface area (Å²) in [7, 11) is -3.57. The summed E-state index contributed by atoms with van der Waals surface area (Å²) >= 11 is 0. The van der Waals surface area contributed by atoms with Gasteiger partial charge in [0.05, 0.1) is 11.5 Å². The van der Waals surface area contributed by atoms with Crippen LogP contribution in [0.1, 0.15) is 38.7 Å². The van der Waals surface area contributed by atoms with Crippen LogP contribution in [-0.4, -0.2) is 69.0 Å². The molecule has 1 N–H and O–H groups in total. The van der Waals surface area contributed by atoms with Crippen LogP contribution in [0, 0.1) is 0 Å². The number of nitrogens with zero attached hydrogens (tertiary/aromatic N) is 2. The van der Waals surface area contributed by atoms with E-state index in [2.05, 4.69) is 19.2 Å². The second kappa shape index (κ2) is 9.88. The minimum absolute atomic E-state index is 0.116. The quantitative estimate of drug-likeness (QED) is 0.738. The van der Waals surface area contributed by atoms with Gasteiger partial charge >= 0.3 is 6.09 Å². The van der Waals surface area contributed by atoms with Gasteiger partial charge in [-0.2, -0.15) is 4.31 Å². The predicted octanol–water partition coefficient (Wildman–Crippen LogP) is 1.78. The number of hydrogen-bond donors (Lipinski definition) is 1. The molecule has 1 heterocycles. The van der Waals surface area contributed by atoms with Crippen molar-refractivity contribution in [2.45, 2.75) is 38.0 Å². The first-order valence-corrected chi connectivity index (χ1v) is 11.0. The first kappa shape index (κ1) is 22.2. The monoisotopic (exact) mass is 411 g/mol. The molecule has 0 saturated carbocycles. The zero-order valence-corrected chi connectivity index (χ0v) is 17.5. The molecule has 1 aromatic carbocycles. The summed E-state index contributed by atoms with van der Waals surface area (Å²) in [6.45, 7) is 7.47. The highest BCUT2D eigenvalue weighted by molar-refractivity contribution is 7.89. The molecule has 8 nitrogen and oxygen atoms in total. The second-order valence-corrected chi connectivity index (χ2v) is 8.84. The molecule has 0 bridgehead atoms. The molecule has 2 rings (SSSR count). The number of nitrogens with one attached hydrogen (secondary N) is 1. The summed E-state index contributed by atoms with van der Waals surface area (Å²) in [4.78, 5) is 25.3. The predicted molar refractivity (Wildman–Crippen MR) is 106 cm³/mol. The van der Waals surface area contributed by atoms with Crippen LogP contribution in [-0.2, 0) is 19.6 Å². The Bertz CT molecular complexity index is 769. The first-order chi connectivity index (χ1) is 13.3. The second-order valence-electron chi connectivity index (χ2n) is 6.91. The maximum absolute atomic E-state index is 12.8. The lowest BCUT2D eigenvalue weighted by Crippen LogP contribution is -2.50. The van der Waals surface area contributed by atoms with Crippen LogP contribution in [0.2, 0.25) is 0 Å². The summed E-state index contributed by atoms with van der Waals surface area (Å²) in [5.41, 5.74) is 1.09. The van der Waals surface area contributed by atoms with Gasteiger partial charge in [-0.1, -0.05) is 26.0 Å². The molecule has 0 aliphatic carbocycles. The number of alkyl carbamates (subject to hydrolysis) is 1. The first-order valence-electron chi connectivity index (χ1n) is 9.54. The molecule has 2 amide bonds. The van der Waals surface area contributed by atoms with Gasteiger partial charge in [0.2, 0.25) is 15.9 Å². The van der Waals surface area contributed by atoms with Crippen molar-refractivity contribution in [3.05, 3.63) is 29.8 Å². The van der Waals surface area contributed by atoms with Crippen LogP contribution in [0.4, 0.5) is 4.79 Å². The zero-order valence-electron chi connectivity index (χ0n) is 16.7. The summed E-state index contributed by atoms with van der Waals surface area (Å²) in [5.74, 6) is 0.222. The Balaban J connectivity index is 1.86. The third-order valence-electron chi connectivity index (χ3n) is 4.66. The smallest absolute Gasteiger partial charge is 0.407 e. The topological polar surface area (TPSA) is 96.0 Å².